The van der Waals surface area contributed by atoms with Gasteiger partial charge in [-0.25, -0.2) is 4.68 Å². The van der Waals surface area contributed by atoms with E-state index in [9.17, 15) is 4.79 Å². The molecule has 0 spiro atoms. The topological polar surface area (TPSA) is 59.2 Å². The average molecular weight is 499 g/mol. The highest BCUT2D eigenvalue weighted by Crippen LogP contribution is 2.61. The molecule has 0 unspecified atom stereocenters. The minimum absolute atomic E-state index is 0.0828. The second-order valence-corrected chi connectivity index (χ2v) is 12.4. The van der Waals surface area contributed by atoms with Crippen LogP contribution in [0.5, 0.6) is 0 Å². The molecule has 5 aliphatic rings. The van der Waals surface area contributed by atoms with E-state index in [1.807, 2.05) is 40.8 Å². The summed E-state index contributed by atoms with van der Waals surface area (Å²) in [5.74, 6) is 2.62. The fourth-order valence-corrected chi connectivity index (χ4v) is 8.36. The number of aryl methyl sites for hydroxylation is 2. The van der Waals surface area contributed by atoms with Crippen molar-refractivity contribution in [3.8, 4) is 5.69 Å². The molecule has 1 amide bonds. The van der Waals surface area contributed by atoms with Gasteiger partial charge in [-0.15, -0.1) is 0 Å². The molecule has 0 atom stereocenters. The first-order valence-corrected chi connectivity index (χ1v) is 14.1. The average Bonchev–Trinajstić information content (AvgIpc) is 3.47. The van der Waals surface area contributed by atoms with Gasteiger partial charge in [0.25, 0.3) is 5.91 Å². The zero-order valence-corrected chi connectivity index (χ0v) is 22.1. The highest BCUT2D eigenvalue weighted by Gasteiger charge is 2.54. The standard InChI is InChI=1S/C30H38N6O/c1-21-25(18-33(2)31-21)19-34-8-10-35(11-9-34)29(37)27-20-36(26-6-4-3-5-7-26)32-28(27)30-15-22-12-23(16-30)14-24(13-22)17-30/h3-7,18,20,22-24H,8-17,19H2,1-2H3. The summed E-state index contributed by atoms with van der Waals surface area (Å²) >= 11 is 0. The van der Waals surface area contributed by atoms with Crippen LogP contribution in [0.2, 0.25) is 0 Å². The molecule has 0 N–H and O–H groups in total. The Balaban J connectivity index is 1.16. The van der Waals surface area contributed by atoms with Crippen LogP contribution < -0.4 is 0 Å². The number of benzene rings is 1. The molecule has 1 aromatic carbocycles. The Hall–Kier alpha value is -2.93. The number of carbonyl (C=O) groups excluding carboxylic acids is 1. The van der Waals surface area contributed by atoms with Gasteiger partial charge in [0.2, 0.25) is 0 Å². The van der Waals surface area contributed by atoms with Crippen molar-refractivity contribution in [2.45, 2.75) is 57.4 Å². The predicted octanol–water partition coefficient (Wildman–Crippen LogP) is 4.34. The van der Waals surface area contributed by atoms with Crippen molar-refractivity contribution in [3.63, 3.8) is 0 Å². The number of hydrogen-bond acceptors (Lipinski definition) is 4. The van der Waals surface area contributed by atoms with Crippen LogP contribution in [0.3, 0.4) is 0 Å². The van der Waals surface area contributed by atoms with E-state index in [2.05, 4.69) is 40.2 Å². The Bertz CT molecular complexity index is 1260. The van der Waals surface area contributed by atoms with E-state index in [1.54, 1.807) is 0 Å². The van der Waals surface area contributed by atoms with Crippen molar-refractivity contribution in [1.82, 2.24) is 29.4 Å². The van der Waals surface area contributed by atoms with Crippen LogP contribution in [0, 0.1) is 24.7 Å². The molecule has 5 fully saturated rings. The minimum Gasteiger partial charge on any atom is -0.336 e. The van der Waals surface area contributed by atoms with Gasteiger partial charge in [-0.2, -0.15) is 10.2 Å². The van der Waals surface area contributed by atoms with Crippen LogP contribution in [0.4, 0.5) is 0 Å². The third-order valence-electron chi connectivity index (χ3n) is 9.67. The molecule has 4 aliphatic carbocycles. The second-order valence-electron chi connectivity index (χ2n) is 12.4. The van der Waals surface area contributed by atoms with Gasteiger partial charge in [0.05, 0.1) is 22.6 Å². The van der Waals surface area contributed by atoms with E-state index in [4.69, 9.17) is 5.10 Å². The van der Waals surface area contributed by atoms with E-state index in [0.717, 1.165) is 73.1 Å². The van der Waals surface area contributed by atoms with Gasteiger partial charge in [-0.3, -0.25) is 14.4 Å². The number of rotatable bonds is 5. The lowest BCUT2D eigenvalue weighted by Crippen LogP contribution is -2.51. The van der Waals surface area contributed by atoms with Gasteiger partial charge in [-0.05, 0) is 75.3 Å². The summed E-state index contributed by atoms with van der Waals surface area (Å²) in [7, 11) is 1.98. The smallest absolute Gasteiger partial charge is 0.257 e. The molecule has 7 heteroatoms. The minimum atomic E-state index is 0.0828. The Labute approximate surface area is 219 Å². The van der Waals surface area contributed by atoms with Gasteiger partial charge >= 0.3 is 0 Å². The Morgan fingerprint density at radius 1 is 0.919 bits per heavy atom. The van der Waals surface area contributed by atoms with Crippen LogP contribution in [-0.2, 0) is 19.0 Å². The number of nitrogens with zero attached hydrogens (tertiary/aromatic N) is 6. The van der Waals surface area contributed by atoms with E-state index >= 15 is 0 Å². The quantitative estimate of drug-likeness (QED) is 0.525. The summed E-state index contributed by atoms with van der Waals surface area (Å²) in [6.45, 7) is 6.26. The Morgan fingerprint density at radius 2 is 1.57 bits per heavy atom. The maximum atomic E-state index is 14.1. The summed E-state index contributed by atoms with van der Waals surface area (Å²) < 4.78 is 3.86. The summed E-state index contributed by atoms with van der Waals surface area (Å²) in [6.07, 6.45) is 12.0. The molecule has 37 heavy (non-hydrogen) atoms. The first-order valence-electron chi connectivity index (χ1n) is 14.1. The van der Waals surface area contributed by atoms with Crippen molar-refractivity contribution in [3.05, 3.63) is 65.2 Å². The van der Waals surface area contributed by atoms with Crippen LogP contribution >= 0.6 is 0 Å². The molecular weight excluding hydrogens is 460 g/mol. The third-order valence-corrected chi connectivity index (χ3v) is 9.67. The summed E-state index contributed by atoms with van der Waals surface area (Å²) in [4.78, 5) is 18.6. The lowest BCUT2D eigenvalue weighted by atomic mass is 9.48. The molecule has 3 aromatic rings. The lowest BCUT2D eigenvalue weighted by molar-refractivity contribution is -0.00793. The largest absolute Gasteiger partial charge is 0.336 e. The van der Waals surface area contributed by atoms with Crippen molar-refractivity contribution >= 4 is 5.91 Å². The van der Waals surface area contributed by atoms with E-state index in [-0.39, 0.29) is 11.3 Å². The third kappa shape index (κ3) is 4.12. The summed E-state index contributed by atoms with van der Waals surface area (Å²) in [5, 5.41) is 9.71. The first kappa shape index (κ1) is 23.2. The summed E-state index contributed by atoms with van der Waals surface area (Å²) in [6, 6.07) is 10.3. The number of amides is 1. The van der Waals surface area contributed by atoms with Gasteiger partial charge in [0, 0.05) is 63.1 Å². The molecule has 4 saturated carbocycles. The monoisotopic (exact) mass is 498 g/mol. The summed E-state index contributed by atoms with van der Waals surface area (Å²) in [5.41, 5.74) is 5.42. The first-order chi connectivity index (χ1) is 18.0. The van der Waals surface area contributed by atoms with Crippen molar-refractivity contribution in [2.24, 2.45) is 24.8 Å². The molecule has 194 valence electrons. The molecule has 4 bridgehead atoms. The van der Waals surface area contributed by atoms with Gasteiger partial charge in [0.15, 0.2) is 0 Å². The zero-order valence-electron chi connectivity index (χ0n) is 22.1. The van der Waals surface area contributed by atoms with Crippen molar-refractivity contribution in [1.29, 1.82) is 0 Å². The molecule has 2 aromatic heterocycles. The molecule has 7 nitrogen and oxygen atoms in total. The van der Waals surface area contributed by atoms with E-state index < -0.39 is 0 Å². The number of para-hydroxylation sites is 1. The molecule has 1 aliphatic heterocycles. The Morgan fingerprint density at radius 3 is 2.16 bits per heavy atom. The predicted molar refractivity (Wildman–Crippen MR) is 143 cm³/mol. The maximum Gasteiger partial charge on any atom is 0.257 e. The van der Waals surface area contributed by atoms with Crippen LogP contribution in [0.15, 0.2) is 42.7 Å². The lowest BCUT2D eigenvalue weighted by Gasteiger charge is -2.56. The molecule has 1 saturated heterocycles. The normalized spacial score (nSPS) is 29.2. The highest BCUT2D eigenvalue weighted by molar-refractivity contribution is 5.95. The molecule has 0 radical (unpaired) electrons. The van der Waals surface area contributed by atoms with E-state index in [0.29, 0.717) is 0 Å². The fraction of sp³-hybridized carbons (Fsp3) is 0.567. The van der Waals surface area contributed by atoms with Gasteiger partial charge < -0.3 is 4.90 Å². The van der Waals surface area contributed by atoms with Crippen molar-refractivity contribution in [2.75, 3.05) is 26.2 Å². The van der Waals surface area contributed by atoms with Crippen LogP contribution in [0.25, 0.3) is 5.69 Å². The SMILES string of the molecule is Cc1nn(C)cc1CN1CCN(C(=O)c2cn(-c3ccccc3)nc2C23CC4CC(CC(C4)C2)C3)CC1. The zero-order chi connectivity index (χ0) is 25.1. The molecule has 3 heterocycles. The number of carbonyl (C=O) groups is 1. The van der Waals surface area contributed by atoms with Gasteiger partial charge in [-0.1, -0.05) is 18.2 Å². The molecule has 8 rings (SSSR count). The highest BCUT2D eigenvalue weighted by atomic mass is 16.2. The number of piperazine rings is 1. The fourth-order valence-electron chi connectivity index (χ4n) is 8.36. The number of aromatic nitrogens is 4. The van der Waals surface area contributed by atoms with Crippen LogP contribution in [-0.4, -0.2) is 61.4 Å². The van der Waals surface area contributed by atoms with Crippen molar-refractivity contribution < 1.29 is 4.79 Å². The second kappa shape index (κ2) is 8.83. The Kier molecular flexibility index (Phi) is 5.54. The maximum absolute atomic E-state index is 14.1. The molecular formula is C30H38N6O. The van der Waals surface area contributed by atoms with Gasteiger partial charge in [0.1, 0.15) is 0 Å². The number of hydrogen-bond donors (Lipinski definition) is 0. The van der Waals surface area contributed by atoms with E-state index in [1.165, 1.54) is 44.1 Å². The van der Waals surface area contributed by atoms with Crippen LogP contribution in [0.1, 0.15) is 65.8 Å².